The van der Waals surface area contributed by atoms with Crippen molar-refractivity contribution in [2.75, 3.05) is 11.5 Å². The van der Waals surface area contributed by atoms with Crippen molar-refractivity contribution >= 4 is 40.8 Å². The van der Waals surface area contributed by atoms with Crippen molar-refractivity contribution in [2.45, 2.75) is 24.9 Å². The van der Waals surface area contributed by atoms with Crippen LogP contribution >= 0.6 is 11.8 Å². The topological polar surface area (TPSA) is 127 Å². The minimum atomic E-state index is -1.02. The van der Waals surface area contributed by atoms with Crippen molar-refractivity contribution in [2.24, 2.45) is 11.5 Å². The fourth-order valence-corrected chi connectivity index (χ4v) is 1.81. The van der Waals surface area contributed by atoms with E-state index in [4.69, 9.17) is 21.7 Å². The average Bonchev–Trinajstić information content (AvgIpc) is 2.16. The van der Waals surface area contributed by atoms with Crippen LogP contribution in [0.4, 0.5) is 0 Å². The summed E-state index contributed by atoms with van der Waals surface area (Å²) in [6.45, 7) is 0. The van der Waals surface area contributed by atoms with E-state index in [0.717, 1.165) is 0 Å². The van der Waals surface area contributed by atoms with Gasteiger partial charge in [-0.3, -0.25) is 9.59 Å². The van der Waals surface area contributed by atoms with Gasteiger partial charge in [0.25, 0.3) is 0 Å². The third-order valence-electron chi connectivity index (χ3n) is 1.78. The Morgan fingerprint density at radius 3 is 1.56 bits per heavy atom. The van der Waals surface area contributed by atoms with Crippen molar-refractivity contribution in [3.8, 4) is 0 Å². The summed E-state index contributed by atoms with van der Waals surface area (Å²) in [6.07, 6.45) is 0.755. The van der Waals surface area contributed by atoms with Gasteiger partial charge < -0.3 is 21.7 Å². The van der Waals surface area contributed by atoms with Gasteiger partial charge in [-0.1, -0.05) is 0 Å². The van der Waals surface area contributed by atoms with Gasteiger partial charge in [0.1, 0.15) is 12.1 Å². The summed E-state index contributed by atoms with van der Waals surface area (Å²) in [5.41, 5.74) is 10.6. The number of carboxylic acids is 2. The smallest absolute Gasteiger partial charge is 0.320 e. The molecular formula is C8H16N2O4SSe. The van der Waals surface area contributed by atoms with E-state index in [1.165, 1.54) is 11.8 Å². The van der Waals surface area contributed by atoms with E-state index < -0.39 is 24.0 Å². The molecule has 0 aromatic rings. The molecule has 8 heteroatoms. The van der Waals surface area contributed by atoms with E-state index in [-0.39, 0.29) is 17.1 Å². The third-order valence-corrected chi connectivity index (χ3v) is 2.83. The first-order valence-electron chi connectivity index (χ1n) is 4.49. The van der Waals surface area contributed by atoms with Crippen LogP contribution in [0.15, 0.2) is 0 Å². The number of rotatable bonds is 8. The molecule has 2 radical (unpaired) electrons. The van der Waals surface area contributed by atoms with E-state index >= 15 is 0 Å². The molecule has 0 saturated heterocycles. The molecule has 0 heterocycles. The minimum Gasteiger partial charge on any atom is -0.480 e. The summed E-state index contributed by atoms with van der Waals surface area (Å²) in [5, 5.41) is 16.9. The van der Waals surface area contributed by atoms with Gasteiger partial charge in [0.15, 0.2) is 0 Å². The monoisotopic (exact) mass is 316 g/mol. The SMILES string of the molecule is N[C@@H](CCSCC[C@H](N)C(=O)O)C(=O)O.[Se]. The van der Waals surface area contributed by atoms with Gasteiger partial charge in [0, 0.05) is 17.1 Å². The van der Waals surface area contributed by atoms with E-state index in [1.807, 2.05) is 0 Å². The van der Waals surface area contributed by atoms with Crippen LogP contribution in [-0.2, 0) is 9.59 Å². The summed E-state index contributed by atoms with van der Waals surface area (Å²) >= 11 is 1.46. The normalized spacial score (nSPS) is 13.6. The Morgan fingerprint density at radius 1 is 1.00 bits per heavy atom. The number of nitrogens with two attached hydrogens (primary N) is 2. The van der Waals surface area contributed by atoms with Gasteiger partial charge in [-0.25, -0.2) is 0 Å². The fraction of sp³-hybridized carbons (Fsp3) is 0.750. The summed E-state index contributed by atoms with van der Waals surface area (Å²) in [4.78, 5) is 20.7. The predicted molar refractivity (Wildman–Crippen MR) is 63.5 cm³/mol. The van der Waals surface area contributed by atoms with Gasteiger partial charge in [-0.2, -0.15) is 11.8 Å². The minimum absolute atomic E-state index is 0. The van der Waals surface area contributed by atoms with Crippen LogP contribution in [0, 0.1) is 0 Å². The molecule has 16 heavy (non-hydrogen) atoms. The Morgan fingerprint density at radius 2 is 1.31 bits per heavy atom. The zero-order valence-electron chi connectivity index (χ0n) is 8.67. The molecule has 0 aromatic heterocycles. The Labute approximate surface area is 109 Å². The maximum atomic E-state index is 10.3. The number of hydrogen-bond acceptors (Lipinski definition) is 5. The molecule has 2 atom stereocenters. The number of carboxylic acid groups (broad SMARTS) is 2. The summed E-state index contributed by atoms with van der Waals surface area (Å²) in [5.74, 6) is -0.838. The van der Waals surface area contributed by atoms with Gasteiger partial charge in [-0.15, -0.1) is 0 Å². The number of aliphatic carboxylic acids is 2. The molecule has 0 saturated carbocycles. The molecular weight excluding hydrogens is 299 g/mol. The number of carbonyl (C=O) groups is 2. The molecule has 94 valence electrons. The van der Waals surface area contributed by atoms with Gasteiger partial charge in [0.2, 0.25) is 0 Å². The van der Waals surface area contributed by atoms with Crippen LogP contribution in [0.5, 0.6) is 0 Å². The van der Waals surface area contributed by atoms with Gasteiger partial charge in [-0.05, 0) is 24.3 Å². The van der Waals surface area contributed by atoms with Crippen LogP contribution in [0.3, 0.4) is 0 Å². The maximum absolute atomic E-state index is 10.3. The Bertz CT molecular complexity index is 208. The largest absolute Gasteiger partial charge is 0.480 e. The van der Waals surface area contributed by atoms with E-state index in [9.17, 15) is 9.59 Å². The molecule has 0 aromatic carbocycles. The second-order valence-corrected chi connectivity index (χ2v) is 4.30. The van der Waals surface area contributed by atoms with Gasteiger partial charge >= 0.3 is 11.9 Å². The summed E-state index contributed by atoms with van der Waals surface area (Å²) in [6, 6.07) is -1.68. The standard InChI is InChI=1S/C8H16N2O4S.Se/c9-5(7(11)12)1-3-15-4-2-6(10)8(13)14;/h5-6H,1-4,9-10H2,(H,11,12)(H,13,14);/t5-,6-;/m0./s1. The molecule has 6 N–H and O–H groups in total. The van der Waals surface area contributed by atoms with E-state index in [0.29, 0.717) is 24.3 Å². The molecule has 0 spiro atoms. The molecule has 0 fully saturated rings. The van der Waals surface area contributed by atoms with E-state index in [1.54, 1.807) is 0 Å². The Kier molecular flexibility index (Phi) is 11.2. The first-order chi connectivity index (χ1) is 6.95. The third kappa shape index (κ3) is 8.99. The molecule has 0 aliphatic heterocycles. The first kappa shape index (κ1) is 18.1. The van der Waals surface area contributed by atoms with Crippen LogP contribution in [-0.4, -0.2) is 62.8 Å². The van der Waals surface area contributed by atoms with Crippen molar-refractivity contribution < 1.29 is 19.8 Å². The fourth-order valence-electron chi connectivity index (χ4n) is 0.770. The molecule has 0 bridgehead atoms. The molecule has 0 aliphatic carbocycles. The van der Waals surface area contributed by atoms with Crippen molar-refractivity contribution in [1.82, 2.24) is 0 Å². The quantitative estimate of drug-likeness (QED) is 0.332. The van der Waals surface area contributed by atoms with E-state index in [2.05, 4.69) is 0 Å². The maximum Gasteiger partial charge on any atom is 0.320 e. The molecule has 0 rings (SSSR count). The summed E-state index contributed by atoms with van der Waals surface area (Å²) < 4.78 is 0. The second kappa shape index (κ2) is 9.92. The number of hydrogen-bond donors (Lipinski definition) is 4. The predicted octanol–water partition coefficient (Wildman–Crippen LogP) is -1.06. The van der Waals surface area contributed by atoms with Crippen molar-refractivity contribution in [1.29, 1.82) is 0 Å². The van der Waals surface area contributed by atoms with Crippen LogP contribution < -0.4 is 11.5 Å². The molecule has 0 aliphatic rings. The van der Waals surface area contributed by atoms with Crippen molar-refractivity contribution in [3.05, 3.63) is 0 Å². The number of thioether (sulfide) groups is 1. The first-order valence-corrected chi connectivity index (χ1v) is 5.65. The average molecular weight is 315 g/mol. The molecule has 6 nitrogen and oxygen atoms in total. The zero-order valence-corrected chi connectivity index (χ0v) is 11.2. The zero-order chi connectivity index (χ0) is 11.8. The van der Waals surface area contributed by atoms with Gasteiger partial charge in [0.05, 0.1) is 0 Å². The van der Waals surface area contributed by atoms with Crippen LogP contribution in [0.2, 0.25) is 0 Å². The Balaban J connectivity index is 0. The van der Waals surface area contributed by atoms with Crippen LogP contribution in [0.25, 0.3) is 0 Å². The molecule has 0 amide bonds. The Hall–Kier alpha value is -0.271. The second-order valence-electron chi connectivity index (χ2n) is 3.08. The van der Waals surface area contributed by atoms with Crippen LogP contribution in [0.1, 0.15) is 12.8 Å². The summed E-state index contributed by atoms with van der Waals surface area (Å²) in [7, 11) is 0. The molecule has 0 unspecified atom stereocenters. The van der Waals surface area contributed by atoms with Crippen molar-refractivity contribution in [3.63, 3.8) is 0 Å².